The highest BCUT2D eigenvalue weighted by atomic mass is 127. The van der Waals surface area contributed by atoms with Gasteiger partial charge in [0.2, 0.25) is 0 Å². The van der Waals surface area contributed by atoms with E-state index in [-0.39, 0.29) is 24.0 Å². The van der Waals surface area contributed by atoms with Crippen molar-refractivity contribution in [2.45, 2.75) is 65.0 Å². The summed E-state index contributed by atoms with van der Waals surface area (Å²) in [6.07, 6.45) is 12.4. The zero-order valence-corrected chi connectivity index (χ0v) is 22.0. The third-order valence-corrected chi connectivity index (χ3v) is 6.42. The second-order valence-corrected chi connectivity index (χ2v) is 8.56. The van der Waals surface area contributed by atoms with Crippen LogP contribution in [-0.2, 0) is 24.2 Å². The lowest BCUT2D eigenvalue weighted by Gasteiger charge is -2.30. The molecule has 0 amide bonds. The quantitative estimate of drug-likeness (QED) is 0.172. The Bertz CT molecular complexity index is 787. The molecule has 178 valence electrons. The first-order valence-corrected chi connectivity index (χ1v) is 11.8. The van der Waals surface area contributed by atoms with Gasteiger partial charge in [-0.05, 0) is 50.0 Å². The first-order valence-electron chi connectivity index (χ1n) is 11.8. The van der Waals surface area contributed by atoms with Gasteiger partial charge in [0.1, 0.15) is 5.82 Å². The van der Waals surface area contributed by atoms with Crippen molar-refractivity contribution in [2.75, 3.05) is 26.8 Å². The molecular formula is C25H40IN5O. The van der Waals surface area contributed by atoms with Gasteiger partial charge in [0.05, 0.1) is 6.54 Å². The van der Waals surface area contributed by atoms with Crippen LogP contribution in [0.2, 0.25) is 0 Å². The monoisotopic (exact) mass is 553 g/mol. The van der Waals surface area contributed by atoms with E-state index in [0.29, 0.717) is 12.0 Å². The van der Waals surface area contributed by atoms with Crippen LogP contribution in [0.5, 0.6) is 0 Å². The molecule has 0 spiro atoms. The Labute approximate surface area is 210 Å². The van der Waals surface area contributed by atoms with Gasteiger partial charge in [-0.2, -0.15) is 0 Å². The molecule has 1 aliphatic carbocycles. The normalized spacial score (nSPS) is 15.4. The summed E-state index contributed by atoms with van der Waals surface area (Å²) in [6, 6.07) is 10.7. The fourth-order valence-corrected chi connectivity index (χ4v) is 4.54. The van der Waals surface area contributed by atoms with E-state index in [1.165, 1.54) is 31.2 Å². The molecule has 7 heteroatoms. The van der Waals surface area contributed by atoms with E-state index >= 15 is 0 Å². The Morgan fingerprint density at radius 2 is 1.97 bits per heavy atom. The van der Waals surface area contributed by atoms with Crippen molar-refractivity contribution in [3.63, 3.8) is 0 Å². The predicted octanol–water partition coefficient (Wildman–Crippen LogP) is 4.79. The zero-order valence-electron chi connectivity index (χ0n) is 19.7. The molecule has 2 N–H and O–H groups in total. The molecule has 0 atom stereocenters. The fraction of sp³-hybridized carbons (Fsp3) is 0.600. The number of aliphatic imine (C=N–C) groups is 1. The van der Waals surface area contributed by atoms with Gasteiger partial charge in [-0.15, -0.1) is 24.0 Å². The highest BCUT2D eigenvalue weighted by molar-refractivity contribution is 14.0. The molecule has 0 radical (unpaired) electrons. The van der Waals surface area contributed by atoms with Gasteiger partial charge in [-0.3, -0.25) is 4.99 Å². The number of halogens is 1. The molecule has 0 aliphatic heterocycles. The molecule has 1 fully saturated rings. The van der Waals surface area contributed by atoms with Crippen LogP contribution in [0.1, 0.15) is 56.8 Å². The molecule has 2 aromatic rings. The van der Waals surface area contributed by atoms with Gasteiger partial charge in [0.25, 0.3) is 0 Å². The summed E-state index contributed by atoms with van der Waals surface area (Å²) in [6.45, 7) is 6.31. The molecule has 1 aromatic heterocycles. The third-order valence-electron chi connectivity index (χ3n) is 6.42. The molecule has 32 heavy (non-hydrogen) atoms. The van der Waals surface area contributed by atoms with Gasteiger partial charge in [0, 0.05) is 45.7 Å². The van der Waals surface area contributed by atoms with Gasteiger partial charge in [0.15, 0.2) is 5.96 Å². The summed E-state index contributed by atoms with van der Waals surface area (Å²) >= 11 is 0. The predicted molar refractivity (Wildman–Crippen MR) is 143 cm³/mol. The third kappa shape index (κ3) is 8.39. The minimum Gasteiger partial charge on any atom is -0.382 e. The number of hydrogen-bond acceptors (Lipinski definition) is 3. The van der Waals surface area contributed by atoms with Crippen LogP contribution in [0, 0.1) is 5.41 Å². The molecule has 0 unspecified atom stereocenters. The summed E-state index contributed by atoms with van der Waals surface area (Å²) in [5.74, 6) is 1.89. The largest absolute Gasteiger partial charge is 0.382 e. The topological polar surface area (TPSA) is 63.5 Å². The van der Waals surface area contributed by atoms with E-state index in [2.05, 4.69) is 68.6 Å². The summed E-state index contributed by atoms with van der Waals surface area (Å²) in [5.41, 5.74) is 1.72. The Morgan fingerprint density at radius 3 is 2.69 bits per heavy atom. The van der Waals surface area contributed by atoms with Crippen LogP contribution in [0.15, 0.2) is 47.7 Å². The van der Waals surface area contributed by atoms with Crippen molar-refractivity contribution < 1.29 is 4.74 Å². The van der Waals surface area contributed by atoms with Crippen molar-refractivity contribution in [1.29, 1.82) is 0 Å². The van der Waals surface area contributed by atoms with Crippen LogP contribution in [0.4, 0.5) is 0 Å². The fourth-order valence-electron chi connectivity index (χ4n) is 4.54. The van der Waals surface area contributed by atoms with Crippen LogP contribution < -0.4 is 10.6 Å². The Morgan fingerprint density at radius 1 is 1.19 bits per heavy atom. The number of imidazole rings is 1. The van der Waals surface area contributed by atoms with Crippen molar-refractivity contribution in [2.24, 2.45) is 10.4 Å². The lowest BCUT2D eigenvalue weighted by molar-refractivity contribution is 0.105. The number of hydrogen-bond donors (Lipinski definition) is 2. The van der Waals surface area contributed by atoms with E-state index in [9.17, 15) is 0 Å². The zero-order chi connectivity index (χ0) is 21.8. The summed E-state index contributed by atoms with van der Waals surface area (Å²) in [5, 5.41) is 7.03. The summed E-state index contributed by atoms with van der Waals surface area (Å²) < 4.78 is 7.88. The van der Waals surface area contributed by atoms with E-state index in [1.807, 2.05) is 13.2 Å². The molecule has 6 nitrogen and oxygen atoms in total. The number of guanidine groups is 1. The maximum atomic E-state index is 5.64. The minimum absolute atomic E-state index is 0. The van der Waals surface area contributed by atoms with E-state index in [1.54, 1.807) is 0 Å². The van der Waals surface area contributed by atoms with E-state index in [0.717, 1.165) is 57.3 Å². The first-order chi connectivity index (χ1) is 15.2. The minimum atomic E-state index is 0. The molecule has 1 heterocycles. The van der Waals surface area contributed by atoms with Gasteiger partial charge in [-0.1, -0.05) is 43.2 Å². The smallest absolute Gasteiger partial charge is 0.191 e. The van der Waals surface area contributed by atoms with Gasteiger partial charge < -0.3 is 19.9 Å². The lowest BCUT2D eigenvalue weighted by atomic mass is 9.83. The van der Waals surface area contributed by atoms with E-state index in [4.69, 9.17) is 4.74 Å². The molecule has 1 saturated carbocycles. The number of aryl methyl sites for hydroxylation is 2. The van der Waals surface area contributed by atoms with Crippen LogP contribution in [-0.4, -0.2) is 42.3 Å². The average molecular weight is 554 g/mol. The summed E-state index contributed by atoms with van der Waals surface area (Å²) in [7, 11) is 1.84. The van der Waals surface area contributed by atoms with Crippen molar-refractivity contribution in [3.8, 4) is 0 Å². The first kappa shape index (κ1) is 26.6. The van der Waals surface area contributed by atoms with Gasteiger partial charge >= 0.3 is 0 Å². The molecule has 1 aromatic carbocycles. The number of rotatable bonds is 12. The molecular weight excluding hydrogens is 513 g/mol. The molecule has 0 saturated heterocycles. The SMILES string of the molecule is CCOCCC1(CNC(=NC)NCc2nccn2CCCc2ccccc2)CCCC1.I. The second kappa shape index (κ2) is 14.5. The maximum absolute atomic E-state index is 5.64. The number of ether oxygens (including phenoxy) is 1. The van der Waals surface area contributed by atoms with Crippen molar-refractivity contribution >= 4 is 29.9 Å². The van der Waals surface area contributed by atoms with Crippen molar-refractivity contribution in [1.82, 2.24) is 20.2 Å². The average Bonchev–Trinajstić information content (AvgIpc) is 3.45. The van der Waals surface area contributed by atoms with Crippen LogP contribution >= 0.6 is 24.0 Å². The highest BCUT2D eigenvalue weighted by Gasteiger charge is 2.33. The van der Waals surface area contributed by atoms with Gasteiger partial charge in [-0.25, -0.2) is 4.98 Å². The summed E-state index contributed by atoms with van der Waals surface area (Å²) in [4.78, 5) is 8.98. The van der Waals surface area contributed by atoms with Crippen LogP contribution in [0.3, 0.4) is 0 Å². The number of nitrogens with one attached hydrogen (secondary N) is 2. The molecule has 1 aliphatic rings. The Balaban J connectivity index is 0.00000363. The maximum Gasteiger partial charge on any atom is 0.191 e. The number of nitrogens with zero attached hydrogens (tertiary/aromatic N) is 3. The van der Waals surface area contributed by atoms with E-state index < -0.39 is 0 Å². The highest BCUT2D eigenvalue weighted by Crippen LogP contribution is 2.40. The second-order valence-electron chi connectivity index (χ2n) is 8.56. The number of benzene rings is 1. The molecule has 3 rings (SSSR count). The Kier molecular flexibility index (Phi) is 12.1. The number of aromatic nitrogens is 2. The van der Waals surface area contributed by atoms with Crippen molar-refractivity contribution in [3.05, 3.63) is 54.1 Å². The molecule has 0 bridgehead atoms. The Hall–Kier alpha value is -1.61. The lowest BCUT2D eigenvalue weighted by Crippen LogP contribution is -2.43. The van der Waals surface area contributed by atoms with Crippen LogP contribution in [0.25, 0.3) is 0 Å². The standard InChI is InChI=1S/C25H39N5O.HI/c1-3-31-19-15-25(13-7-8-14-25)21-29-24(26-2)28-20-23-27-16-18-30(23)17-9-12-22-10-5-4-6-11-22;/h4-6,10-11,16,18H,3,7-9,12-15,17,19-21H2,1-2H3,(H2,26,28,29);1H.